The quantitative estimate of drug-likeness (QED) is 0.334. The molecule has 0 unspecified atom stereocenters. The lowest BCUT2D eigenvalue weighted by molar-refractivity contribution is 0.151. The summed E-state index contributed by atoms with van der Waals surface area (Å²) in [5.41, 5.74) is 1.03. The Hall–Kier alpha value is -1.19. The number of hydrogen-bond donors (Lipinski definition) is 0. The molecule has 0 bridgehead atoms. The Labute approximate surface area is 178 Å². The van der Waals surface area contributed by atoms with E-state index in [-0.39, 0.29) is 0 Å². The fourth-order valence-corrected chi connectivity index (χ4v) is 5.41. The maximum atomic E-state index is 5.91. The lowest BCUT2D eigenvalue weighted by atomic mass is 9.68. The van der Waals surface area contributed by atoms with Gasteiger partial charge in [-0.25, -0.2) is 0 Å². The molecule has 0 atom stereocenters. The third-order valence-electron chi connectivity index (χ3n) is 7.10. The first-order valence-electron chi connectivity index (χ1n) is 11.7. The molecule has 2 fully saturated rings. The van der Waals surface area contributed by atoms with Crippen molar-refractivity contribution < 1.29 is 0 Å². The van der Waals surface area contributed by atoms with Gasteiger partial charge in [-0.1, -0.05) is 75.0 Å². The van der Waals surface area contributed by atoms with Crippen molar-refractivity contribution in [1.29, 1.82) is 0 Å². The van der Waals surface area contributed by atoms with Gasteiger partial charge >= 0.3 is 0 Å². The summed E-state index contributed by atoms with van der Waals surface area (Å²) in [7, 11) is 0. The lowest BCUT2D eigenvalue weighted by Crippen LogP contribution is -2.25. The van der Waals surface area contributed by atoms with Crippen LogP contribution in [0.5, 0.6) is 0 Å². The third kappa shape index (κ3) is 7.00. The first-order chi connectivity index (χ1) is 13.7. The number of allylic oxidation sites excluding steroid dienone is 2. The molecule has 0 spiro atoms. The smallest absolute Gasteiger partial charge is 0.0406 e. The van der Waals surface area contributed by atoms with E-state index in [9.17, 15) is 0 Å². The van der Waals surface area contributed by atoms with E-state index >= 15 is 0 Å². The van der Waals surface area contributed by atoms with Gasteiger partial charge in [0.05, 0.1) is 0 Å². The molecule has 0 heterocycles. The average Bonchev–Trinajstić information content (AvgIpc) is 2.74. The van der Waals surface area contributed by atoms with Gasteiger partial charge in [0, 0.05) is 10.6 Å². The zero-order valence-electron chi connectivity index (χ0n) is 17.6. The van der Waals surface area contributed by atoms with Crippen LogP contribution in [0.4, 0.5) is 0 Å². The summed E-state index contributed by atoms with van der Waals surface area (Å²) in [6, 6.07) is 7.75. The van der Waals surface area contributed by atoms with Crippen molar-refractivity contribution in [3.63, 3.8) is 0 Å². The molecule has 0 radical (unpaired) electrons. The highest BCUT2D eigenvalue weighted by atomic mass is 35.5. The fourth-order valence-electron chi connectivity index (χ4n) is 5.28. The highest BCUT2D eigenvalue weighted by Crippen LogP contribution is 2.42. The monoisotopic (exact) mass is 396 g/mol. The molecule has 0 amide bonds. The van der Waals surface area contributed by atoms with Gasteiger partial charge in [0.15, 0.2) is 0 Å². The van der Waals surface area contributed by atoms with E-state index in [4.69, 9.17) is 11.6 Å². The minimum atomic E-state index is 0.737. The maximum Gasteiger partial charge on any atom is 0.0406 e. The van der Waals surface area contributed by atoms with Crippen LogP contribution in [-0.4, -0.2) is 0 Å². The summed E-state index contributed by atoms with van der Waals surface area (Å²) in [6.45, 7) is 2.31. The Morgan fingerprint density at radius 2 is 1.54 bits per heavy atom. The first-order valence-corrected chi connectivity index (χ1v) is 12.1. The molecular formula is C27H37Cl. The molecule has 152 valence electrons. The van der Waals surface area contributed by atoms with Gasteiger partial charge in [-0.15, -0.1) is 0 Å². The van der Waals surface area contributed by atoms with Gasteiger partial charge < -0.3 is 0 Å². The molecule has 28 heavy (non-hydrogen) atoms. The largest absolute Gasteiger partial charge is 0.0843 e. The van der Waals surface area contributed by atoms with Gasteiger partial charge in [0.2, 0.25) is 0 Å². The molecule has 1 aromatic carbocycles. The number of hydrogen-bond acceptors (Lipinski definition) is 0. The van der Waals surface area contributed by atoms with E-state index in [1.807, 2.05) is 24.3 Å². The van der Waals surface area contributed by atoms with Gasteiger partial charge in [-0.2, -0.15) is 0 Å². The van der Waals surface area contributed by atoms with E-state index in [0.717, 1.165) is 34.3 Å². The minimum Gasteiger partial charge on any atom is -0.0843 e. The van der Waals surface area contributed by atoms with Crippen molar-refractivity contribution >= 4 is 11.6 Å². The van der Waals surface area contributed by atoms with Crippen molar-refractivity contribution in [2.24, 2.45) is 23.7 Å². The Morgan fingerprint density at radius 3 is 2.18 bits per heavy atom. The standard InChI is InChI=1S/C27H37Cl/c1-2-3-4-7-22-10-16-25(17-11-22)26-18-12-23(13-19-26)8-5-6-9-24-14-20-27(28)21-15-24/h5,8,14-15,20-23,25-26H,2-4,7,10-13,16-19H2,1H3. The summed E-state index contributed by atoms with van der Waals surface area (Å²) in [4.78, 5) is 0. The molecule has 0 nitrogen and oxygen atoms in total. The van der Waals surface area contributed by atoms with E-state index in [0.29, 0.717) is 0 Å². The number of benzene rings is 1. The highest BCUT2D eigenvalue weighted by molar-refractivity contribution is 6.30. The average molecular weight is 397 g/mol. The Balaban J connectivity index is 1.35. The predicted octanol–water partition coefficient (Wildman–Crippen LogP) is 8.44. The van der Waals surface area contributed by atoms with Crippen LogP contribution in [0.3, 0.4) is 0 Å². The van der Waals surface area contributed by atoms with Crippen molar-refractivity contribution in [3.8, 4) is 11.8 Å². The molecule has 0 N–H and O–H groups in total. The number of rotatable bonds is 6. The van der Waals surface area contributed by atoms with E-state index in [1.54, 1.807) is 0 Å². The summed E-state index contributed by atoms with van der Waals surface area (Å²) in [5, 5.41) is 0.767. The summed E-state index contributed by atoms with van der Waals surface area (Å²) < 4.78 is 0. The molecular weight excluding hydrogens is 360 g/mol. The topological polar surface area (TPSA) is 0 Å². The molecule has 3 rings (SSSR count). The maximum absolute atomic E-state index is 5.91. The van der Waals surface area contributed by atoms with Crippen LogP contribution in [0.25, 0.3) is 0 Å². The first kappa shape index (κ1) is 21.5. The number of unbranched alkanes of at least 4 members (excludes halogenated alkanes) is 2. The molecule has 0 saturated heterocycles. The molecule has 0 aliphatic heterocycles. The van der Waals surface area contributed by atoms with Crippen LogP contribution in [0.2, 0.25) is 5.02 Å². The normalized spacial score (nSPS) is 28.1. The summed E-state index contributed by atoms with van der Waals surface area (Å²) in [5.74, 6) is 10.2. The molecule has 2 aliphatic rings. The van der Waals surface area contributed by atoms with Crippen LogP contribution in [0, 0.1) is 35.5 Å². The Kier molecular flexibility index (Phi) is 9.01. The molecule has 1 heteroatoms. The summed E-state index contributed by atoms with van der Waals surface area (Å²) in [6.07, 6.45) is 21.8. The van der Waals surface area contributed by atoms with Gasteiger partial charge in [-0.3, -0.25) is 0 Å². The van der Waals surface area contributed by atoms with Crippen molar-refractivity contribution in [2.45, 2.75) is 84.0 Å². The Morgan fingerprint density at radius 1 is 0.893 bits per heavy atom. The number of halogens is 1. The van der Waals surface area contributed by atoms with Gasteiger partial charge in [0.25, 0.3) is 0 Å². The van der Waals surface area contributed by atoms with Crippen LogP contribution in [0.1, 0.15) is 89.5 Å². The second kappa shape index (κ2) is 11.7. The van der Waals surface area contributed by atoms with Crippen molar-refractivity contribution in [2.75, 3.05) is 0 Å². The molecule has 2 saturated carbocycles. The van der Waals surface area contributed by atoms with E-state index in [2.05, 4.69) is 30.9 Å². The SMILES string of the molecule is CCCCCC1CCC(C2CCC(C=CC#Cc3ccc(Cl)cc3)CC2)CC1. The third-order valence-corrected chi connectivity index (χ3v) is 7.35. The van der Waals surface area contributed by atoms with Crippen LogP contribution < -0.4 is 0 Å². The highest BCUT2D eigenvalue weighted by Gasteiger charge is 2.30. The second-order valence-electron chi connectivity index (χ2n) is 9.09. The Bertz CT molecular complexity index is 644. The minimum absolute atomic E-state index is 0.737. The lowest BCUT2D eigenvalue weighted by Gasteiger charge is -2.37. The zero-order chi connectivity index (χ0) is 19.6. The molecule has 2 aliphatic carbocycles. The van der Waals surface area contributed by atoms with Crippen molar-refractivity contribution in [1.82, 2.24) is 0 Å². The van der Waals surface area contributed by atoms with Gasteiger partial charge in [-0.05, 0) is 92.5 Å². The summed E-state index contributed by atoms with van der Waals surface area (Å²) >= 11 is 5.91. The van der Waals surface area contributed by atoms with E-state index < -0.39 is 0 Å². The zero-order valence-corrected chi connectivity index (χ0v) is 18.4. The molecule has 1 aromatic rings. The van der Waals surface area contributed by atoms with Crippen LogP contribution in [0.15, 0.2) is 36.4 Å². The van der Waals surface area contributed by atoms with E-state index in [1.165, 1.54) is 77.0 Å². The molecule has 0 aromatic heterocycles. The van der Waals surface area contributed by atoms with Crippen LogP contribution >= 0.6 is 11.6 Å². The van der Waals surface area contributed by atoms with Crippen molar-refractivity contribution in [3.05, 3.63) is 47.0 Å². The van der Waals surface area contributed by atoms with Crippen LogP contribution in [-0.2, 0) is 0 Å². The fraction of sp³-hybridized carbons (Fsp3) is 0.630. The second-order valence-corrected chi connectivity index (χ2v) is 9.52. The van der Waals surface area contributed by atoms with Gasteiger partial charge in [0.1, 0.15) is 0 Å². The predicted molar refractivity (Wildman–Crippen MR) is 123 cm³/mol.